The lowest BCUT2D eigenvalue weighted by Crippen LogP contribution is -2.46. The zero-order chi connectivity index (χ0) is 12.3. The van der Waals surface area contributed by atoms with Crippen LogP contribution in [-0.2, 0) is 0 Å². The molecule has 0 radical (unpaired) electrons. The molecule has 17 heavy (non-hydrogen) atoms. The first-order valence-electron chi connectivity index (χ1n) is 6.33. The second-order valence-corrected chi connectivity index (χ2v) is 7.35. The lowest BCUT2D eigenvalue weighted by Gasteiger charge is -2.47. The zero-order valence-electron chi connectivity index (χ0n) is 10.3. The second kappa shape index (κ2) is 5.77. The fourth-order valence-corrected chi connectivity index (χ4v) is 4.68. The first kappa shape index (κ1) is 13.4. The van der Waals surface area contributed by atoms with E-state index >= 15 is 0 Å². The summed E-state index contributed by atoms with van der Waals surface area (Å²) in [6.07, 6.45) is 5.22. The van der Waals surface area contributed by atoms with E-state index in [0.29, 0.717) is 4.75 Å². The van der Waals surface area contributed by atoms with Crippen molar-refractivity contribution in [3.05, 3.63) is 28.7 Å². The van der Waals surface area contributed by atoms with E-state index in [2.05, 4.69) is 47.1 Å². The summed E-state index contributed by atoms with van der Waals surface area (Å²) in [5.41, 5.74) is 5.99. The van der Waals surface area contributed by atoms with Crippen LogP contribution in [0, 0.1) is 5.92 Å². The summed E-state index contributed by atoms with van der Waals surface area (Å²) in [6.45, 7) is 3.06. The van der Waals surface area contributed by atoms with Gasteiger partial charge in [-0.2, -0.15) is 0 Å². The maximum Gasteiger partial charge on any atom is 0.0335 e. The van der Waals surface area contributed by atoms with E-state index in [1.54, 1.807) is 0 Å². The Hall–Kier alpha value is 0.01000. The summed E-state index contributed by atoms with van der Waals surface area (Å²) in [5.74, 6) is 0.901. The van der Waals surface area contributed by atoms with Crippen molar-refractivity contribution in [2.24, 2.45) is 11.7 Å². The normalized spacial score (nSPS) is 27.8. The van der Waals surface area contributed by atoms with Gasteiger partial charge in [-0.15, -0.1) is 11.8 Å². The van der Waals surface area contributed by atoms with Crippen molar-refractivity contribution in [3.8, 4) is 0 Å². The molecular weight excluding hydrogens is 294 g/mol. The molecule has 1 aromatic carbocycles. The molecule has 1 aliphatic carbocycles. The number of halogens is 1. The van der Waals surface area contributed by atoms with E-state index in [4.69, 9.17) is 5.73 Å². The lowest BCUT2D eigenvalue weighted by atomic mass is 9.72. The van der Waals surface area contributed by atoms with Crippen LogP contribution in [0.4, 0.5) is 0 Å². The van der Waals surface area contributed by atoms with Crippen LogP contribution in [0.2, 0.25) is 0 Å². The maximum absolute atomic E-state index is 5.99. The Balaban J connectivity index is 2.00. The van der Waals surface area contributed by atoms with Gasteiger partial charge in [-0.3, -0.25) is 0 Å². The largest absolute Gasteiger partial charge is 0.329 e. The number of thioether (sulfide) groups is 1. The predicted molar refractivity (Wildman–Crippen MR) is 79.4 cm³/mol. The Morgan fingerprint density at radius 2 is 2.12 bits per heavy atom. The molecule has 1 fully saturated rings. The maximum atomic E-state index is 5.99. The Morgan fingerprint density at radius 1 is 1.41 bits per heavy atom. The van der Waals surface area contributed by atoms with Crippen molar-refractivity contribution in [2.75, 3.05) is 6.54 Å². The molecule has 3 heteroatoms. The van der Waals surface area contributed by atoms with Gasteiger partial charge in [0, 0.05) is 20.7 Å². The highest BCUT2D eigenvalue weighted by Crippen LogP contribution is 2.52. The van der Waals surface area contributed by atoms with Gasteiger partial charge < -0.3 is 5.73 Å². The van der Waals surface area contributed by atoms with Crippen LogP contribution in [0.1, 0.15) is 32.6 Å². The second-order valence-electron chi connectivity index (χ2n) is 4.98. The quantitative estimate of drug-likeness (QED) is 0.869. The minimum absolute atomic E-state index is 0.295. The van der Waals surface area contributed by atoms with Crippen LogP contribution in [0.5, 0.6) is 0 Å². The van der Waals surface area contributed by atoms with Gasteiger partial charge in [0.1, 0.15) is 0 Å². The summed E-state index contributed by atoms with van der Waals surface area (Å²) >= 11 is 5.58. The molecule has 0 unspecified atom stereocenters. The van der Waals surface area contributed by atoms with E-state index in [1.807, 2.05) is 11.8 Å². The minimum Gasteiger partial charge on any atom is -0.329 e. The fraction of sp³-hybridized carbons (Fsp3) is 0.571. The van der Waals surface area contributed by atoms with Crippen LogP contribution in [0.15, 0.2) is 33.6 Å². The number of nitrogens with two attached hydrogens (primary N) is 1. The summed E-state index contributed by atoms with van der Waals surface area (Å²) in [5, 5.41) is 0. The van der Waals surface area contributed by atoms with E-state index in [0.717, 1.165) is 12.5 Å². The molecule has 0 spiro atoms. The molecule has 1 aliphatic rings. The Kier molecular flexibility index (Phi) is 4.56. The number of hydrogen-bond donors (Lipinski definition) is 1. The Labute approximate surface area is 117 Å². The number of rotatable bonds is 5. The van der Waals surface area contributed by atoms with E-state index in [-0.39, 0.29) is 0 Å². The van der Waals surface area contributed by atoms with Crippen molar-refractivity contribution >= 4 is 27.7 Å². The summed E-state index contributed by atoms with van der Waals surface area (Å²) in [6, 6.07) is 8.44. The third-order valence-electron chi connectivity index (χ3n) is 3.55. The smallest absolute Gasteiger partial charge is 0.0335 e. The van der Waals surface area contributed by atoms with Gasteiger partial charge in [-0.05, 0) is 46.8 Å². The molecule has 0 aliphatic heterocycles. The third kappa shape index (κ3) is 3.07. The average Bonchev–Trinajstić information content (AvgIpc) is 2.29. The lowest BCUT2D eigenvalue weighted by molar-refractivity contribution is 0.220. The molecule has 2 N–H and O–H groups in total. The zero-order valence-corrected chi connectivity index (χ0v) is 12.7. The van der Waals surface area contributed by atoms with Crippen molar-refractivity contribution in [2.45, 2.75) is 42.2 Å². The summed E-state index contributed by atoms with van der Waals surface area (Å²) < 4.78 is 1.49. The molecule has 0 saturated heterocycles. The third-order valence-corrected chi connectivity index (χ3v) is 6.02. The highest BCUT2D eigenvalue weighted by Gasteiger charge is 2.43. The van der Waals surface area contributed by atoms with Crippen LogP contribution < -0.4 is 5.73 Å². The van der Waals surface area contributed by atoms with E-state index < -0.39 is 0 Å². The van der Waals surface area contributed by atoms with E-state index in [1.165, 1.54) is 35.1 Å². The monoisotopic (exact) mass is 313 g/mol. The topological polar surface area (TPSA) is 26.0 Å². The molecule has 1 saturated carbocycles. The minimum atomic E-state index is 0.295. The summed E-state index contributed by atoms with van der Waals surface area (Å²) in [4.78, 5) is 1.33. The molecular formula is C14H20BrNS. The molecule has 0 atom stereocenters. The predicted octanol–water partition coefficient (Wildman–Crippen LogP) is 4.45. The Morgan fingerprint density at radius 3 is 2.71 bits per heavy atom. The first-order valence-corrected chi connectivity index (χ1v) is 7.93. The SMILES string of the molecule is CCCC1CC(CN)(Sc2ccccc2Br)C1. The Bertz CT molecular complexity index is 374. The van der Waals surface area contributed by atoms with Crippen LogP contribution >= 0.6 is 27.7 Å². The standard InChI is InChI=1S/C14H20BrNS/c1-2-5-11-8-14(9-11,10-16)17-13-7-4-3-6-12(13)15/h3-4,6-7,11H,2,5,8-10,16H2,1H3. The molecule has 0 heterocycles. The molecule has 94 valence electrons. The van der Waals surface area contributed by atoms with E-state index in [9.17, 15) is 0 Å². The molecule has 0 amide bonds. The first-order chi connectivity index (χ1) is 8.19. The van der Waals surface area contributed by atoms with Gasteiger partial charge >= 0.3 is 0 Å². The van der Waals surface area contributed by atoms with Gasteiger partial charge in [0.05, 0.1) is 0 Å². The van der Waals surface area contributed by atoms with Gasteiger partial charge in [-0.25, -0.2) is 0 Å². The summed E-state index contributed by atoms with van der Waals surface area (Å²) in [7, 11) is 0. The highest BCUT2D eigenvalue weighted by molar-refractivity contribution is 9.10. The van der Waals surface area contributed by atoms with Gasteiger partial charge in [-0.1, -0.05) is 31.9 Å². The van der Waals surface area contributed by atoms with Crippen LogP contribution in [0.3, 0.4) is 0 Å². The van der Waals surface area contributed by atoms with Gasteiger partial charge in [0.15, 0.2) is 0 Å². The van der Waals surface area contributed by atoms with Crippen LogP contribution in [-0.4, -0.2) is 11.3 Å². The molecule has 0 bridgehead atoms. The van der Waals surface area contributed by atoms with Gasteiger partial charge in [0.2, 0.25) is 0 Å². The van der Waals surface area contributed by atoms with Crippen LogP contribution in [0.25, 0.3) is 0 Å². The molecule has 1 nitrogen and oxygen atoms in total. The average molecular weight is 314 g/mol. The number of hydrogen-bond acceptors (Lipinski definition) is 2. The van der Waals surface area contributed by atoms with Crippen molar-refractivity contribution < 1.29 is 0 Å². The van der Waals surface area contributed by atoms with Crippen molar-refractivity contribution in [1.29, 1.82) is 0 Å². The molecule has 0 aromatic heterocycles. The van der Waals surface area contributed by atoms with Crippen molar-refractivity contribution in [3.63, 3.8) is 0 Å². The van der Waals surface area contributed by atoms with Gasteiger partial charge in [0.25, 0.3) is 0 Å². The molecule has 1 aromatic rings. The highest BCUT2D eigenvalue weighted by atomic mass is 79.9. The number of benzene rings is 1. The molecule has 2 rings (SSSR count). The van der Waals surface area contributed by atoms with Crippen molar-refractivity contribution in [1.82, 2.24) is 0 Å². The fourth-order valence-electron chi connectivity index (χ4n) is 2.66.